The first-order valence-electron chi connectivity index (χ1n) is 12.0. The number of carbonyl (C=O) groups is 1. The molecule has 0 aromatic carbocycles. The van der Waals surface area contributed by atoms with Gasteiger partial charge in [-0.3, -0.25) is 4.98 Å². The van der Waals surface area contributed by atoms with Crippen molar-refractivity contribution in [3.8, 4) is 17.1 Å². The fourth-order valence-corrected chi connectivity index (χ4v) is 4.00. The lowest BCUT2D eigenvalue weighted by Crippen LogP contribution is -2.52. The number of nitrogens with one attached hydrogen (secondary N) is 1. The molecule has 1 aliphatic heterocycles. The van der Waals surface area contributed by atoms with E-state index in [0.717, 1.165) is 11.6 Å². The Morgan fingerprint density at radius 3 is 2.54 bits per heavy atom. The molecule has 1 saturated heterocycles. The van der Waals surface area contributed by atoms with Crippen LogP contribution in [0.25, 0.3) is 17.0 Å². The molecule has 11 nitrogen and oxygen atoms in total. The number of halogens is 4. The van der Waals surface area contributed by atoms with Crippen LogP contribution >= 0.6 is 0 Å². The Hall–Kier alpha value is -3.75. The summed E-state index contributed by atoms with van der Waals surface area (Å²) in [5.41, 5.74) is -4.33. The van der Waals surface area contributed by atoms with E-state index >= 15 is 0 Å². The molecule has 212 valence electrons. The SMILES string of the molecule is COc1cc2ncc(-c3cncc(N[C@H]4CN(C(=O)OC(C)(C)C)CC[C@@H]4F)n3)n2nc1[C@](C)(O)C(F)(F)F. The molecule has 0 bridgehead atoms. The minimum atomic E-state index is -5.04. The molecule has 3 aromatic heterocycles. The third-order valence-corrected chi connectivity index (χ3v) is 6.10. The van der Waals surface area contributed by atoms with Gasteiger partial charge < -0.3 is 24.8 Å². The van der Waals surface area contributed by atoms with Gasteiger partial charge in [0.25, 0.3) is 0 Å². The van der Waals surface area contributed by atoms with Gasteiger partial charge >= 0.3 is 12.3 Å². The number of imidazole rings is 1. The van der Waals surface area contributed by atoms with Crippen molar-refractivity contribution >= 4 is 17.6 Å². The fraction of sp³-hybridized carbons (Fsp3) is 0.542. The monoisotopic (exact) mass is 555 g/mol. The highest BCUT2D eigenvalue weighted by Gasteiger charge is 2.54. The van der Waals surface area contributed by atoms with Gasteiger partial charge in [0.05, 0.1) is 31.7 Å². The Kier molecular flexibility index (Phi) is 7.31. The van der Waals surface area contributed by atoms with Gasteiger partial charge in [0, 0.05) is 19.2 Å². The van der Waals surface area contributed by atoms with E-state index in [0.29, 0.717) is 6.92 Å². The number of nitrogens with zero attached hydrogens (tertiary/aromatic N) is 6. The number of carbonyl (C=O) groups excluding carboxylic acids is 1. The summed E-state index contributed by atoms with van der Waals surface area (Å²) in [4.78, 5) is 26.6. The Bertz CT molecular complexity index is 1360. The first kappa shape index (κ1) is 28.3. The van der Waals surface area contributed by atoms with E-state index in [4.69, 9.17) is 9.47 Å². The fourth-order valence-electron chi connectivity index (χ4n) is 4.00. The summed E-state index contributed by atoms with van der Waals surface area (Å²) in [7, 11) is 1.15. The zero-order valence-electron chi connectivity index (χ0n) is 22.0. The van der Waals surface area contributed by atoms with E-state index in [1.807, 2.05) is 0 Å². The normalized spacial score (nSPS) is 20.0. The molecule has 0 radical (unpaired) electrons. The van der Waals surface area contributed by atoms with Gasteiger partial charge in [-0.15, -0.1) is 0 Å². The highest BCUT2D eigenvalue weighted by atomic mass is 19.4. The van der Waals surface area contributed by atoms with E-state index in [-0.39, 0.29) is 48.1 Å². The molecule has 4 heterocycles. The summed E-state index contributed by atoms with van der Waals surface area (Å²) in [5, 5.41) is 17.2. The molecular formula is C24H29F4N7O4. The van der Waals surface area contributed by atoms with Crippen LogP contribution in [0, 0.1) is 0 Å². The average molecular weight is 556 g/mol. The van der Waals surface area contributed by atoms with Crippen LogP contribution in [0.3, 0.4) is 0 Å². The second-order valence-electron chi connectivity index (χ2n) is 10.3. The number of ether oxygens (including phenoxy) is 2. The maximum atomic E-state index is 14.8. The number of aromatic nitrogens is 5. The quantitative estimate of drug-likeness (QED) is 0.453. The molecule has 1 aliphatic rings. The van der Waals surface area contributed by atoms with Gasteiger partial charge in [-0.2, -0.15) is 18.3 Å². The molecule has 1 amide bonds. The zero-order valence-corrected chi connectivity index (χ0v) is 22.0. The predicted molar refractivity (Wildman–Crippen MR) is 131 cm³/mol. The molecule has 0 saturated carbocycles. The molecule has 15 heteroatoms. The second-order valence-corrected chi connectivity index (χ2v) is 10.3. The Morgan fingerprint density at radius 1 is 1.18 bits per heavy atom. The summed E-state index contributed by atoms with van der Waals surface area (Å²) in [6.07, 6.45) is -2.79. The van der Waals surface area contributed by atoms with Crippen LogP contribution in [-0.2, 0) is 10.3 Å². The van der Waals surface area contributed by atoms with Gasteiger partial charge in [0.1, 0.15) is 40.4 Å². The molecule has 3 aromatic rings. The first-order valence-corrected chi connectivity index (χ1v) is 12.0. The number of piperidine rings is 1. The van der Waals surface area contributed by atoms with Crippen molar-refractivity contribution in [1.29, 1.82) is 0 Å². The van der Waals surface area contributed by atoms with Crippen LogP contribution in [0.1, 0.15) is 39.8 Å². The molecular weight excluding hydrogens is 526 g/mol. The van der Waals surface area contributed by atoms with Gasteiger partial charge in [0.15, 0.2) is 5.65 Å². The molecule has 39 heavy (non-hydrogen) atoms. The number of hydrogen-bond donors (Lipinski definition) is 2. The van der Waals surface area contributed by atoms with Crippen molar-refractivity contribution < 1.29 is 36.9 Å². The van der Waals surface area contributed by atoms with E-state index < -0.39 is 41.4 Å². The second kappa shape index (κ2) is 10.1. The third kappa shape index (κ3) is 5.82. The Labute approximate surface area is 221 Å². The van der Waals surface area contributed by atoms with E-state index in [9.17, 15) is 27.5 Å². The Morgan fingerprint density at radius 2 is 1.90 bits per heavy atom. The predicted octanol–water partition coefficient (Wildman–Crippen LogP) is 3.72. The topological polar surface area (TPSA) is 127 Å². The number of alkyl halides is 4. The van der Waals surface area contributed by atoms with Crippen LogP contribution in [0.4, 0.5) is 28.2 Å². The lowest BCUT2D eigenvalue weighted by molar-refractivity contribution is -0.261. The summed E-state index contributed by atoms with van der Waals surface area (Å²) < 4.78 is 67.0. The minimum absolute atomic E-state index is 0.0227. The average Bonchev–Trinajstić information content (AvgIpc) is 3.26. The van der Waals surface area contributed by atoms with Crippen molar-refractivity contribution in [3.63, 3.8) is 0 Å². The molecule has 4 rings (SSSR count). The van der Waals surface area contributed by atoms with E-state index in [2.05, 4.69) is 25.4 Å². The van der Waals surface area contributed by atoms with Crippen LogP contribution < -0.4 is 10.1 Å². The summed E-state index contributed by atoms with van der Waals surface area (Å²) in [6.45, 7) is 6.00. The van der Waals surface area contributed by atoms with Crippen LogP contribution in [0.5, 0.6) is 5.75 Å². The zero-order chi connectivity index (χ0) is 28.8. The third-order valence-electron chi connectivity index (χ3n) is 6.10. The van der Waals surface area contributed by atoms with Crippen LogP contribution in [0.15, 0.2) is 24.7 Å². The van der Waals surface area contributed by atoms with Crippen molar-refractivity contribution in [3.05, 3.63) is 30.4 Å². The highest BCUT2D eigenvalue weighted by Crippen LogP contribution is 2.41. The number of anilines is 1. The van der Waals surface area contributed by atoms with Gasteiger partial charge in [-0.1, -0.05) is 0 Å². The maximum Gasteiger partial charge on any atom is 0.422 e. The molecule has 0 spiro atoms. The van der Waals surface area contributed by atoms with E-state index in [1.165, 1.54) is 29.6 Å². The number of amides is 1. The number of fused-ring (bicyclic) bond motifs is 1. The Balaban J connectivity index is 1.63. The van der Waals surface area contributed by atoms with Crippen molar-refractivity contribution in [2.45, 2.75) is 63.7 Å². The van der Waals surface area contributed by atoms with Crippen LogP contribution in [-0.4, -0.2) is 84.9 Å². The highest BCUT2D eigenvalue weighted by molar-refractivity contribution is 5.68. The van der Waals surface area contributed by atoms with Crippen LogP contribution in [0.2, 0.25) is 0 Å². The van der Waals surface area contributed by atoms with Gasteiger partial charge in [-0.25, -0.2) is 23.7 Å². The minimum Gasteiger partial charge on any atom is -0.495 e. The standard InChI is InChI=1S/C24H29F4N7O4/c1-22(2,3)39-21(36)34-7-6-13(25)15(12-34)32-18-11-29-9-14(31-18)16-10-30-19-8-17(38-5)20(33-35(16)19)23(4,37)24(26,27)28/h8-11,13,15,37H,6-7,12H2,1-5H3,(H,31,32)/t13-,15-,23-/m0/s1. The van der Waals surface area contributed by atoms with Crippen molar-refractivity contribution in [2.75, 3.05) is 25.5 Å². The summed E-state index contributed by atoms with van der Waals surface area (Å²) in [6, 6.07) is 0.400. The van der Waals surface area contributed by atoms with Crippen molar-refractivity contribution in [1.82, 2.24) is 29.5 Å². The van der Waals surface area contributed by atoms with Gasteiger partial charge in [-0.05, 0) is 34.1 Å². The number of aliphatic hydroxyl groups is 1. The molecule has 0 unspecified atom stereocenters. The van der Waals surface area contributed by atoms with Crippen molar-refractivity contribution in [2.24, 2.45) is 0 Å². The number of hydrogen-bond acceptors (Lipinski definition) is 9. The maximum absolute atomic E-state index is 14.8. The molecule has 0 aliphatic carbocycles. The van der Waals surface area contributed by atoms with E-state index in [1.54, 1.807) is 20.8 Å². The summed E-state index contributed by atoms with van der Waals surface area (Å²) >= 11 is 0. The number of rotatable bonds is 5. The number of likely N-dealkylation sites (tertiary alicyclic amines) is 1. The molecule has 3 atom stereocenters. The lowest BCUT2D eigenvalue weighted by Gasteiger charge is -2.36. The largest absolute Gasteiger partial charge is 0.495 e. The smallest absolute Gasteiger partial charge is 0.422 e. The number of methoxy groups -OCH3 is 1. The lowest BCUT2D eigenvalue weighted by atomic mass is 10.0. The first-order chi connectivity index (χ1) is 18.1. The molecule has 2 N–H and O–H groups in total. The molecule has 1 fully saturated rings. The van der Waals surface area contributed by atoms with Gasteiger partial charge in [0.2, 0.25) is 5.60 Å². The summed E-state index contributed by atoms with van der Waals surface area (Å²) in [5.74, 6) is -0.138.